The molecule has 41 heavy (non-hydrogen) atoms. The van der Waals surface area contributed by atoms with E-state index in [0.717, 1.165) is 5.69 Å². The van der Waals surface area contributed by atoms with E-state index in [1.54, 1.807) is 0 Å². The zero-order valence-corrected chi connectivity index (χ0v) is 22.4. The Bertz CT molecular complexity index is 2200. The Balaban J connectivity index is 1.34. The Morgan fingerprint density at radius 1 is 0.268 bits per heavy atom. The Morgan fingerprint density at radius 3 is 1.00 bits per heavy atom. The second kappa shape index (κ2) is 8.55. The van der Waals surface area contributed by atoms with E-state index in [1.807, 2.05) is 0 Å². The molecule has 9 rings (SSSR count). The zero-order chi connectivity index (χ0) is 26.9. The summed E-state index contributed by atoms with van der Waals surface area (Å²) in [6.45, 7) is 0. The van der Waals surface area contributed by atoms with Crippen LogP contribution in [-0.4, -0.2) is 4.57 Å². The summed E-state index contributed by atoms with van der Waals surface area (Å²) in [5.41, 5.74) is 11.3. The average molecular weight is 520 g/mol. The van der Waals surface area contributed by atoms with Crippen molar-refractivity contribution in [2.45, 2.75) is 0 Å². The molecule has 0 spiro atoms. The van der Waals surface area contributed by atoms with Crippen molar-refractivity contribution >= 4 is 32.3 Å². The van der Waals surface area contributed by atoms with Gasteiger partial charge in [0.05, 0.1) is 0 Å². The van der Waals surface area contributed by atoms with Gasteiger partial charge in [-0.05, 0) is 77.8 Å². The van der Waals surface area contributed by atoms with Crippen LogP contribution in [0, 0.1) is 0 Å². The van der Waals surface area contributed by atoms with Gasteiger partial charge < -0.3 is 4.57 Å². The first-order valence-electron chi connectivity index (χ1n) is 14.2. The molecule has 0 saturated heterocycles. The van der Waals surface area contributed by atoms with E-state index in [2.05, 4.69) is 156 Å². The molecule has 7 aromatic carbocycles. The number of fused-ring (bicyclic) bond motifs is 14. The second-order valence-corrected chi connectivity index (χ2v) is 11.0. The Hall–Kier alpha value is -5.40. The van der Waals surface area contributed by atoms with E-state index in [1.165, 1.54) is 76.8 Å². The van der Waals surface area contributed by atoms with Crippen molar-refractivity contribution < 1.29 is 0 Å². The summed E-state index contributed by atoms with van der Waals surface area (Å²) in [7, 11) is 0. The molecule has 0 atom stereocenters. The molecule has 1 heteroatoms. The van der Waals surface area contributed by atoms with Gasteiger partial charge in [-0.1, -0.05) is 127 Å². The van der Waals surface area contributed by atoms with Gasteiger partial charge in [0.25, 0.3) is 0 Å². The molecule has 0 unspecified atom stereocenters. The molecule has 0 N–H and O–H groups in total. The predicted molar refractivity (Wildman–Crippen MR) is 174 cm³/mol. The molecule has 1 aliphatic rings. The molecule has 8 aromatic rings. The minimum Gasteiger partial charge on any atom is -0.323 e. The monoisotopic (exact) mass is 519 g/mol. The lowest BCUT2D eigenvalue weighted by molar-refractivity contribution is 1.09. The van der Waals surface area contributed by atoms with Gasteiger partial charge in [-0.25, -0.2) is 0 Å². The van der Waals surface area contributed by atoms with Crippen LogP contribution in [0.5, 0.6) is 0 Å². The summed E-state index contributed by atoms with van der Waals surface area (Å²) in [6, 6.07) is 51.0. The molecule has 1 nitrogen and oxygen atoms in total. The SMILES string of the molecule is c1ccc2c(c1)-c1ccccc1-c1cn(-c3ccc4c5ccccc5c5ccccc5c4c3)cc1-c1ccccc1-2. The Morgan fingerprint density at radius 2 is 0.585 bits per heavy atom. The highest BCUT2D eigenvalue weighted by molar-refractivity contribution is 6.25. The van der Waals surface area contributed by atoms with E-state index < -0.39 is 0 Å². The number of nitrogens with zero attached hydrogens (tertiary/aromatic N) is 1. The van der Waals surface area contributed by atoms with Gasteiger partial charge in [0.2, 0.25) is 0 Å². The largest absolute Gasteiger partial charge is 0.323 e. The molecule has 0 aliphatic heterocycles. The van der Waals surface area contributed by atoms with Crippen LogP contribution >= 0.6 is 0 Å². The molecular formula is C40H25N. The molecule has 1 heterocycles. The van der Waals surface area contributed by atoms with Gasteiger partial charge in [-0.2, -0.15) is 0 Å². The van der Waals surface area contributed by atoms with E-state index in [4.69, 9.17) is 0 Å². The molecule has 0 radical (unpaired) electrons. The third-order valence-electron chi connectivity index (χ3n) is 8.79. The second-order valence-electron chi connectivity index (χ2n) is 11.0. The number of hydrogen-bond acceptors (Lipinski definition) is 0. The first kappa shape index (κ1) is 22.4. The standard InChI is InChI=1S/C40H25N/c1-2-12-28-27(11-1)31-15-6-9-19-35(31)39-24-41(25-40(39)36-20-10-7-16-32(28)36)26-21-22-37-33-17-4-3-13-29(33)30-14-5-8-18-34(30)38(37)23-26/h1-25H. The molecule has 0 amide bonds. The Labute approximate surface area is 238 Å². The predicted octanol–water partition coefficient (Wildman–Crippen LogP) is 10.9. The fourth-order valence-electron chi connectivity index (χ4n) is 6.95. The quantitative estimate of drug-likeness (QED) is 0.190. The molecule has 0 saturated carbocycles. The van der Waals surface area contributed by atoms with Crippen molar-refractivity contribution in [1.82, 2.24) is 4.57 Å². The topological polar surface area (TPSA) is 4.93 Å². The third kappa shape index (κ3) is 3.24. The summed E-state index contributed by atoms with van der Waals surface area (Å²) in [5.74, 6) is 0. The number of aromatic nitrogens is 1. The molecule has 190 valence electrons. The van der Waals surface area contributed by atoms with Crippen molar-refractivity contribution in [1.29, 1.82) is 0 Å². The summed E-state index contributed by atoms with van der Waals surface area (Å²) in [6.07, 6.45) is 4.65. The van der Waals surface area contributed by atoms with Crippen LogP contribution in [0.1, 0.15) is 0 Å². The maximum Gasteiger partial charge on any atom is 0.0456 e. The summed E-state index contributed by atoms with van der Waals surface area (Å²) < 4.78 is 2.32. The first-order chi connectivity index (χ1) is 20.3. The lowest BCUT2D eigenvalue weighted by Crippen LogP contribution is -1.94. The highest BCUT2D eigenvalue weighted by Crippen LogP contribution is 2.48. The minimum absolute atomic E-state index is 1.16. The van der Waals surface area contributed by atoms with E-state index >= 15 is 0 Å². The summed E-state index contributed by atoms with van der Waals surface area (Å²) >= 11 is 0. The highest BCUT2D eigenvalue weighted by atomic mass is 14.9. The average Bonchev–Trinajstić information content (AvgIpc) is 3.49. The zero-order valence-electron chi connectivity index (χ0n) is 22.4. The van der Waals surface area contributed by atoms with Crippen molar-refractivity contribution in [3.63, 3.8) is 0 Å². The molecule has 1 aromatic heterocycles. The third-order valence-corrected chi connectivity index (χ3v) is 8.79. The van der Waals surface area contributed by atoms with Crippen molar-refractivity contribution in [3.8, 4) is 50.2 Å². The molecular weight excluding hydrogens is 494 g/mol. The van der Waals surface area contributed by atoms with Crippen molar-refractivity contribution in [2.24, 2.45) is 0 Å². The van der Waals surface area contributed by atoms with Gasteiger partial charge in [0.15, 0.2) is 0 Å². The van der Waals surface area contributed by atoms with Crippen LogP contribution in [0.15, 0.2) is 152 Å². The number of rotatable bonds is 1. The first-order valence-corrected chi connectivity index (χ1v) is 14.2. The molecule has 1 aliphatic carbocycles. The smallest absolute Gasteiger partial charge is 0.0456 e. The van der Waals surface area contributed by atoms with Crippen LogP contribution in [0.4, 0.5) is 0 Å². The van der Waals surface area contributed by atoms with Crippen LogP contribution < -0.4 is 0 Å². The number of hydrogen-bond donors (Lipinski definition) is 0. The van der Waals surface area contributed by atoms with E-state index in [-0.39, 0.29) is 0 Å². The van der Waals surface area contributed by atoms with Gasteiger partial charge in [0, 0.05) is 29.2 Å². The fourth-order valence-corrected chi connectivity index (χ4v) is 6.95. The summed E-state index contributed by atoms with van der Waals surface area (Å²) in [4.78, 5) is 0. The lowest BCUT2D eigenvalue weighted by Gasteiger charge is -2.20. The van der Waals surface area contributed by atoms with Crippen LogP contribution in [0.2, 0.25) is 0 Å². The maximum atomic E-state index is 2.36. The van der Waals surface area contributed by atoms with E-state index in [9.17, 15) is 0 Å². The van der Waals surface area contributed by atoms with Gasteiger partial charge >= 0.3 is 0 Å². The Kier molecular flexibility index (Phi) is 4.67. The van der Waals surface area contributed by atoms with Crippen molar-refractivity contribution in [3.05, 3.63) is 152 Å². The van der Waals surface area contributed by atoms with Gasteiger partial charge in [-0.3, -0.25) is 0 Å². The minimum atomic E-state index is 1.16. The van der Waals surface area contributed by atoms with Crippen LogP contribution in [-0.2, 0) is 0 Å². The fraction of sp³-hybridized carbons (Fsp3) is 0. The van der Waals surface area contributed by atoms with E-state index in [0.29, 0.717) is 0 Å². The molecule has 0 bridgehead atoms. The van der Waals surface area contributed by atoms with Gasteiger partial charge in [0.1, 0.15) is 0 Å². The normalized spacial score (nSPS) is 11.9. The van der Waals surface area contributed by atoms with Gasteiger partial charge in [-0.15, -0.1) is 0 Å². The van der Waals surface area contributed by atoms with Crippen LogP contribution in [0.25, 0.3) is 82.5 Å². The van der Waals surface area contributed by atoms with Crippen LogP contribution in [0.3, 0.4) is 0 Å². The summed E-state index contributed by atoms with van der Waals surface area (Å²) in [5, 5.41) is 7.77. The van der Waals surface area contributed by atoms with Crippen molar-refractivity contribution in [2.75, 3.05) is 0 Å². The lowest BCUT2D eigenvalue weighted by atomic mass is 9.82. The maximum absolute atomic E-state index is 2.36. The highest BCUT2D eigenvalue weighted by Gasteiger charge is 2.23. The number of benzene rings is 7. The molecule has 0 fully saturated rings.